The topological polar surface area (TPSA) is 29.5 Å². The smallest absolute Gasteiger partial charge is 0.125 e. The Labute approximate surface area is 122 Å². The molecule has 2 atom stereocenters. The molecule has 102 valence electrons. The lowest BCUT2D eigenvalue weighted by molar-refractivity contribution is 0.116. The molecule has 2 saturated carbocycles. The van der Waals surface area contributed by atoms with Crippen molar-refractivity contribution in [2.45, 2.75) is 32.1 Å². The Balaban J connectivity index is 1.66. The summed E-state index contributed by atoms with van der Waals surface area (Å²) in [5.74, 6) is 2.89. The van der Waals surface area contributed by atoms with Crippen LogP contribution in [0.4, 0.5) is 0 Å². The van der Waals surface area contributed by atoms with E-state index < -0.39 is 0 Å². The molecule has 2 aliphatic carbocycles. The SMILES string of the molecule is OCC1(Cc2cc(Br)cc3c2OCC3)CC2CC2C1. The Kier molecular flexibility index (Phi) is 2.72. The Morgan fingerprint density at radius 1 is 1.32 bits per heavy atom. The number of aliphatic hydroxyl groups is 1. The average molecular weight is 323 g/mol. The van der Waals surface area contributed by atoms with Crippen molar-refractivity contribution in [2.24, 2.45) is 17.3 Å². The summed E-state index contributed by atoms with van der Waals surface area (Å²) in [4.78, 5) is 0. The van der Waals surface area contributed by atoms with E-state index in [2.05, 4.69) is 28.1 Å². The van der Waals surface area contributed by atoms with Gasteiger partial charge in [-0.2, -0.15) is 0 Å². The van der Waals surface area contributed by atoms with E-state index in [9.17, 15) is 5.11 Å². The third-order valence-corrected chi connectivity index (χ3v) is 5.64. The van der Waals surface area contributed by atoms with Gasteiger partial charge in [-0.25, -0.2) is 0 Å². The molecule has 4 rings (SSSR count). The Morgan fingerprint density at radius 3 is 2.84 bits per heavy atom. The van der Waals surface area contributed by atoms with E-state index >= 15 is 0 Å². The summed E-state index contributed by atoms with van der Waals surface area (Å²) in [5, 5.41) is 9.88. The van der Waals surface area contributed by atoms with Crippen LogP contribution in [-0.2, 0) is 12.8 Å². The van der Waals surface area contributed by atoms with Crippen LogP contribution in [0.3, 0.4) is 0 Å². The zero-order chi connectivity index (χ0) is 13.0. The molecule has 3 heteroatoms. The zero-order valence-corrected chi connectivity index (χ0v) is 12.6. The van der Waals surface area contributed by atoms with E-state index in [0.717, 1.165) is 41.5 Å². The van der Waals surface area contributed by atoms with Crippen molar-refractivity contribution in [3.05, 3.63) is 27.7 Å². The highest BCUT2D eigenvalue weighted by Crippen LogP contribution is 2.61. The van der Waals surface area contributed by atoms with Crippen molar-refractivity contribution >= 4 is 15.9 Å². The van der Waals surface area contributed by atoms with Crippen LogP contribution >= 0.6 is 15.9 Å². The number of fused-ring (bicyclic) bond motifs is 2. The number of rotatable bonds is 3. The van der Waals surface area contributed by atoms with Crippen molar-refractivity contribution in [3.8, 4) is 5.75 Å². The second-order valence-corrected chi connectivity index (χ2v) is 7.57. The lowest BCUT2D eigenvalue weighted by atomic mass is 9.78. The summed E-state index contributed by atoms with van der Waals surface area (Å²) in [7, 11) is 0. The summed E-state index contributed by atoms with van der Waals surface area (Å²) >= 11 is 3.61. The van der Waals surface area contributed by atoms with Crippen molar-refractivity contribution < 1.29 is 9.84 Å². The predicted octanol–water partition coefficient (Wildman–Crippen LogP) is 3.34. The van der Waals surface area contributed by atoms with Gasteiger partial charge in [0.05, 0.1) is 6.61 Å². The minimum absolute atomic E-state index is 0.119. The minimum Gasteiger partial charge on any atom is -0.493 e. The molecule has 0 radical (unpaired) electrons. The van der Waals surface area contributed by atoms with Crippen LogP contribution in [0, 0.1) is 17.3 Å². The first-order chi connectivity index (χ1) is 9.19. The average Bonchev–Trinajstić information content (AvgIpc) is 2.82. The number of benzene rings is 1. The fourth-order valence-electron chi connectivity index (χ4n) is 4.22. The van der Waals surface area contributed by atoms with Gasteiger partial charge < -0.3 is 9.84 Å². The second-order valence-electron chi connectivity index (χ2n) is 6.65. The monoisotopic (exact) mass is 322 g/mol. The normalized spacial score (nSPS) is 34.8. The number of halogens is 1. The van der Waals surface area contributed by atoms with Gasteiger partial charge in [0.25, 0.3) is 0 Å². The summed E-state index contributed by atoms with van der Waals surface area (Å²) in [6, 6.07) is 4.36. The molecule has 19 heavy (non-hydrogen) atoms. The summed E-state index contributed by atoms with van der Waals surface area (Å²) in [5.41, 5.74) is 2.73. The van der Waals surface area contributed by atoms with E-state index in [1.165, 1.54) is 30.4 Å². The number of aliphatic hydroxyl groups excluding tert-OH is 1. The number of ether oxygens (including phenoxy) is 1. The van der Waals surface area contributed by atoms with E-state index in [0.29, 0.717) is 6.61 Å². The summed E-state index contributed by atoms with van der Waals surface area (Å²) < 4.78 is 6.96. The van der Waals surface area contributed by atoms with Crippen LogP contribution in [-0.4, -0.2) is 18.3 Å². The molecular formula is C16H19BrO2. The molecule has 0 bridgehead atoms. The highest BCUT2D eigenvalue weighted by atomic mass is 79.9. The first kappa shape index (κ1) is 12.2. The largest absolute Gasteiger partial charge is 0.493 e. The molecule has 2 fully saturated rings. The molecule has 1 aromatic carbocycles. The van der Waals surface area contributed by atoms with Gasteiger partial charge >= 0.3 is 0 Å². The first-order valence-corrected chi connectivity index (χ1v) is 8.03. The van der Waals surface area contributed by atoms with Gasteiger partial charge in [0.15, 0.2) is 0 Å². The molecule has 2 unspecified atom stereocenters. The lowest BCUT2D eigenvalue weighted by Gasteiger charge is -2.29. The van der Waals surface area contributed by atoms with Crippen LogP contribution in [0.5, 0.6) is 5.75 Å². The maximum absolute atomic E-state index is 9.88. The van der Waals surface area contributed by atoms with E-state index in [1.54, 1.807) is 0 Å². The van der Waals surface area contributed by atoms with E-state index in [4.69, 9.17) is 4.74 Å². The standard InChI is InChI=1S/C16H19BrO2/c17-14-4-10-1-2-19-15(10)13(5-14)8-16(9-18)6-11-3-12(11)7-16/h4-5,11-12,18H,1-3,6-9H2. The quantitative estimate of drug-likeness (QED) is 0.924. The third-order valence-electron chi connectivity index (χ3n) is 5.19. The number of hydrogen-bond donors (Lipinski definition) is 1. The van der Waals surface area contributed by atoms with Crippen molar-refractivity contribution in [2.75, 3.05) is 13.2 Å². The Hall–Kier alpha value is -0.540. The van der Waals surface area contributed by atoms with Crippen molar-refractivity contribution in [1.29, 1.82) is 0 Å². The van der Waals surface area contributed by atoms with Gasteiger partial charge in [-0.1, -0.05) is 15.9 Å². The molecule has 2 nitrogen and oxygen atoms in total. The molecular weight excluding hydrogens is 304 g/mol. The molecule has 1 aliphatic heterocycles. The third kappa shape index (κ3) is 2.02. The molecule has 1 aromatic rings. The zero-order valence-electron chi connectivity index (χ0n) is 11.0. The summed E-state index contributed by atoms with van der Waals surface area (Å²) in [6.07, 6.45) is 5.79. The number of hydrogen-bond acceptors (Lipinski definition) is 2. The van der Waals surface area contributed by atoms with Crippen LogP contribution in [0.25, 0.3) is 0 Å². The highest BCUT2D eigenvalue weighted by Gasteiger charge is 2.53. The Bertz CT molecular complexity index is 516. The maximum atomic E-state index is 9.88. The molecule has 0 saturated heterocycles. The predicted molar refractivity (Wildman–Crippen MR) is 77.4 cm³/mol. The molecule has 0 spiro atoms. The Morgan fingerprint density at radius 2 is 2.11 bits per heavy atom. The van der Waals surface area contributed by atoms with Crippen LogP contribution in [0.2, 0.25) is 0 Å². The van der Waals surface area contributed by atoms with E-state index in [1.807, 2.05) is 0 Å². The fraction of sp³-hybridized carbons (Fsp3) is 0.625. The fourth-order valence-corrected chi connectivity index (χ4v) is 4.77. The minimum atomic E-state index is 0.119. The van der Waals surface area contributed by atoms with E-state index in [-0.39, 0.29) is 5.41 Å². The van der Waals surface area contributed by atoms with Gasteiger partial charge in [-0.05, 0) is 66.2 Å². The summed E-state index contributed by atoms with van der Waals surface area (Å²) in [6.45, 7) is 1.12. The van der Waals surface area contributed by atoms with Gasteiger partial charge in [-0.3, -0.25) is 0 Å². The molecule has 0 amide bonds. The van der Waals surface area contributed by atoms with Gasteiger partial charge in [-0.15, -0.1) is 0 Å². The first-order valence-electron chi connectivity index (χ1n) is 7.24. The molecule has 1 heterocycles. The molecule has 3 aliphatic rings. The van der Waals surface area contributed by atoms with Crippen molar-refractivity contribution in [1.82, 2.24) is 0 Å². The van der Waals surface area contributed by atoms with Crippen LogP contribution in [0.1, 0.15) is 30.4 Å². The molecule has 1 N–H and O–H groups in total. The van der Waals surface area contributed by atoms with Crippen molar-refractivity contribution in [3.63, 3.8) is 0 Å². The van der Waals surface area contributed by atoms with Gasteiger partial charge in [0.2, 0.25) is 0 Å². The molecule has 0 aromatic heterocycles. The van der Waals surface area contributed by atoms with Gasteiger partial charge in [0, 0.05) is 17.5 Å². The maximum Gasteiger partial charge on any atom is 0.125 e. The highest BCUT2D eigenvalue weighted by molar-refractivity contribution is 9.10. The second kappa shape index (κ2) is 4.23. The van der Waals surface area contributed by atoms with Gasteiger partial charge in [0.1, 0.15) is 5.75 Å². The lowest BCUT2D eigenvalue weighted by Crippen LogP contribution is -2.26. The van der Waals surface area contributed by atoms with Crippen LogP contribution in [0.15, 0.2) is 16.6 Å². The van der Waals surface area contributed by atoms with Crippen LogP contribution < -0.4 is 4.74 Å².